The summed E-state index contributed by atoms with van der Waals surface area (Å²) >= 11 is 7.59. The number of carbonyl (C=O) groups excluding carboxylic acids is 1. The van der Waals surface area contributed by atoms with Gasteiger partial charge in [-0.3, -0.25) is 4.79 Å². The Morgan fingerprint density at radius 1 is 1.24 bits per heavy atom. The van der Waals surface area contributed by atoms with Gasteiger partial charge < -0.3 is 10.5 Å². The highest BCUT2D eigenvalue weighted by molar-refractivity contribution is 7.16. The zero-order valence-corrected chi connectivity index (χ0v) is 12.3. The van der Waals surface area contributed by atoms with Gasteiger partial charge in [0, 0.05) is 10.9 Å². The second-order valence-corrected chi connectivity index (χ2v) is 5.50. The van der Waals surface area contributed by atoms with E-state index >= 15 is 0 Å². The van der Waals surface area contributed by atoms with Crippen LogP contribution in [0, 0.1) is 0 Å². The molecule has 7 heteroatoms. The van der Waals surface area contributed by atoms with Crippen LogP contribution in [-0.4, -0.2) is 15.9 Å². The van der Waals surface area contributed by atoms with Crippen molar-refractivity contribution in [3.05, 3.63) is 52.3 Å². The fourth-order valence-electron chi connectivity index (χ4n) is 1.79. The number of ether oxygens (including phenoxy) is 1. The van der Waals surface area contributed by atoms with Gasteiger partial charge in [-0.15, -0.1) is 11.3 Å². The van der Waals surface area contributed by atoms with E-state index in [2.05, 4.69) is 9.97 Å². The van der Waals surface area contributed by atoms with Crippen molar-refractivity contribution in [3.63, 3.8) is 0 Å². The summed E-state index contributed by atoms with van der Waals surface area (Å²) in [6.07, 6.45) is 0. The number of benzene rings is 1. The molecule has 3 aromatic rings. The zero-order chi connectivity index (χ0) is 14.8. The summed E-state index contributed by atoms with van der Waals surface area (Å²) in [5.41, 5.74) is 5.61. The van der Waals surface area contributed by atoms with Gasteiger partial charge in [0.1, 0.15) is 22.3 Å². The van der Waals surface area contributed by atoms with Gasteiger partial charge in [0.2, 0.25) is 5.91 Å². The molecule has 0 unspecified atom stereocenters. The summed E-state index contributed by atoms with van der Waals surface area (Å²) in [6, 6.07) is 8.44. The Labute approximate surface area is 129 Å². The lowest BCUT2D eigenvalue weighted by Gasteiger charge is -2.06. The van der Waals surface area contributed by atoms with E-state index in [0.717, 1.165) is 10.2 Å². The van der Waals surface area contributed by atoms with Crippen LogP contribution in [0.5, 0.6) is 5.75 Å². The summed E-state index contributed by atoms with van der Waals surface area (Å²) < 4.78 is 5.58. The summed E-state index contributed by atoms with van der Waals surface area (Å²) in [7, 11) is 0. The van der Waals surface area contributed by atoms with Crippen LogP contribution in [0.25, 0.3) is 10.2 Å². The van der Waals surface area contributed by atoms with Crippen molar-refractivity contribution >= 4 is 39.1 Å². The van der Waals surface area contributed by atoms with Crippen LogP contribution >= 0.6 is 22.9 Å². The minimum atomic E-state index is -0.472. The van der Waals surface area contributed by atoms with Crippen molar-refractivity contribution in [1.82, 2.24) is 9.97 Å². The Kier molecular flexibility index (Phi) is 3.72. The third-order valence-corrected chi connectivity index (χ3v) is 3.93. The zero-order valence-electron chi connectivity index (χ0n) is 10.7. The largest absolute Gasteiger partial charge is 0.486 e. The molecule has 0 bridgehead atoms. The smallest absolute Gasteiger partial charge is 0.248 e. The lowest BCUT2D eigenvalue weighted by atomic mass is 10.2. The maximum atomic E-state index is 11.0. The number of thiophene rings is 1. The van der Waals surface area contributed by atoms with Crippen LogP contribution in [0.4, 0.5) is 0 Å². The number of carbonyl (C=O) groups is 1. The van der Waals surface area contributed by atoms with Gasteiger partial charge >= 0.3 is 0 Å². The highest BCUT2D eigenvalue weighted by Gasteiger charge is 2.08. The molecule has 2 aromatic heterocycles. The Hall–Kier alpha value is -2.18. The van der Waals surface area contributed by atoms with Crippen molar-refractivity contribution in [2.24, 2.45) is 5.73 Å². The highest BCUT2D eigenvalue weighted by Crippen LogP contribution is 2.25. The molecule has 0 aliphatic rings. The molecule has 3 rings (SSSR count). The molecule has 0 aliphatic carbocycles. The number of fused-ring (bicyclic) bond motifs is 1. The molecule has 2 N–H and O–H groups in total. The molecule has 5 nitrogen and oxygen atoms in total. The molecule has 0 saturated carbocycles. The van der Waals surface area contributed by atoms with E-state index in [1.54, 1.807) is 24.3 Å². The number of hydrogen-bond acceptors (Lipinski definition) is 5. The molecule has 0 atom stereocenters. The highest BCUT2D eigenvalue weighted by atomic mass is 35.5. The van der Waals surface area contributed by atoms with Gasteiger partial charge in [0.05, 0.1) is 0 Å². The molecule has 0 spiro atoms. The summed E-state index contributed by atoms with van der Waals surface area (Å²) in [4.78, 5) is 20.4. The Bertz CT molecular complexity index is 802. The van der Waals surface area contributed by atoms with E-state index in [0.29, 0.717) is 22.3 Å². The minimum Gasteiger partial charge on any atom is -0.486 e. The molecule has 0 fully saturated rings. The lowest BCUT2D eigenvalue weighted by molar-refractivity contribution is 0.1000. The Morgan fingerprint density at radius 2 is 2.00 bits per heavy atom. The van der Waals surface area contributed by atoms with E-state index in [4.69, 9.17) is 22.1 Å². The maximum Gasteiger partial charge on any atom is 0.248 e. The number of rotatable bonds is 4. The fourth-order valence-corrected chi connectivity index (χ4v) is 2.88. The van der Waals surface area contributed by atoms with E-state index in [9.17, 15) is 4.79 Å². The topological polar surface area (TPSA) is 78.1 Å². The van der Waals surface area contributed by atoms with E-state index in [1.807, 2.05) is 11.4 Å². The van der Waals surface area contributed by atoms with Gasteiger partial charge in [-0.2, -0.15) is 0 Å². The van der Waals surface area contributed by atoms with Crippen molar-refractivity contribution in [3.8, 4) is 5.75 Å². The van der Waals surface area contributed by atoms with Gasteiger partial charge in [-0.1, -0.05) is 11.6 Å². The summed E-state index contributed by atoms with van der Waals surface area (Å²) in [5.74, 6) is 0.639. The molecule has 0 aliphatic heterocycles. The number of primary amides is 1. The quantitative estimate of drug-likeness (QED) is 0.750. The fraction of sp³-hybridized carbons (Fsp3) is 0.0714. The van der Waals surface area contributed by atoms with E-state index < -0.39 is 5.91 Å². The van der Waals surface area contributed by atoms with Crippen molar-refractivity contribution in [1.29, 1.82) is 0 Å². The summed E-state index contributed by atoms with van der Waals surface area (Å²) in [5, 5.41) is 3.18. The second-order valence-electron chi connectivity index (χ2n) is 4.25. The third-order valence-electron chi connectivity index (χ3n) is 2.83. The molecule has 2 heterocycles. The van der Waals surface area contributed by atoms with E-state index in [1.165, 1.54) is 11.3 Å². The first-order valence-corrected chi connectivity index (χ1v) is 7.31. The number of aromatic nitrogens is 2. The average molecular weight is 320 g/mol. The summed E-state index contributed by atoms with van der Waals surface area (Å²) in [6.45, 7) is 0.198. The average Bonchev–Trinajstić information content (AvgIpc) is 2.94. The van der Waals surface area contributed by atoms with Gasteiger partial charge in [-0.05, 0) is 35.7 Å². The third kappa shape index (κ3) is 2.96. The standard InChI is InChI=1S/C14H10ClN3O2S/c15-12-10-5-6-21-14(10)18-11(17-12)7-20-9-3-1-8(2-4-9)13(16)19/h1-6H,7H2,(H2,16,19). The molecule has 1 aromatic carbocycles. The van der Waals surface area contributed by atoms with Crippen LogP contribution in [0.2, 0.25) is 5.15 Å². The molecular formula is C14H10ClN3O2S. The predicted molar refractivity (Wildman–Crippen MR) is 81.7 cm³/mol. The van der Waals surface area contributed by atoms with Gasteiger partial charge in [0.25, 0.3) is 0 Å². The first-order valence-electron chi connectivity index (χ1n) is 6.06. The number of halogens is 1. The minimum absolute atomic E-state index is 0.198. The molecule has 21 heavy (non-hydrogen) atoms. The van der Waals surface area contributed by atoms with Crippen molar-refractivity contribution in [2.45, 2.75) is 6.61 Å². The number of amides is 1. The van der Waals surface area contributed by atoms with Gasteiger partial charge in [0.15, 0.2) is 5.82 Å². The van der Waals surface area contributed by atoms with Crippen LogP contribution in [-0.2, 0) is 6.61 Å². The monoisotopic (exact) mass is 319 g/mol. The number of hydrogen-bond donors (Lipinski definition) is 1. The predicted octanol–water partition coefficient (Wildman–Crippen LogP) is 3.02. The molecular weight excluding hydrogens is 310 g/mol. The molecule has 0 radical (unpaired) electrons. The van der Waals surface area contributed by atoms with Crippen LogP contribution in [0.15, 0.2) is 35.7 Å². The first kappa shape index (κ1) is 13.8. The van der Waals surface area contributed by atoms with Crippen LogP contribution < -0.4 is 10.5 Å². The Balaban J connectivity index is 1.75. The number of nitrogens with two attached hydrogens (primary N) is 1. The first-order chi connectivity index (χ1) is 10.1. The molecule has 106 valence electrons. The maximum absolute atomic E-state index is 11.0. The second kappa shape index (κ2) is 5.67. The van der Waals surface area contributed by atoms with Crippen LogP contribution in [0.1, 0.15) is 16.2 Å². The molecule has 0 saturated heterocycles. The van der Waals surface area contributed by atoms with E-state index in [-0.39, 0.29) is 6.61 Å². The normalized spacial score (nSPS) is 10.7. The number of nitrogens with zero attached hydrogens (tertiary/aromatic N) is 2. The SMILES string of the molecule is NC(=O)c1ccc(OCc2nc(Cl)c3ccsc3n2)cc1. The van der Waals surface area contributed by atoms with Crippen molar-refractivity contribution in [2.75, 3.05) is 0 Å². The van der Waals surface area contributed by atoms with Crippen LogP contribution in [0.3, 0.4) is 0 Å². The van der Waals surface area contributed by atoms with Gasteiger partial charge in [-0.25, -0.2) is 9.97 Å². The van der Waals surface area contributed by atoms with Crippen molar-refractivity contribution < 1.29 is 9.53 Å². The molecule has 1 amide bonds. The lowest BCUT2D eigenvalue weighted by Crippen LogP contribution is -2.10. The Morgan fingerprint density at radius 3 is 2.71 bits per heavy atom.